The van der Waals surface area contributed by atoms with Gasteiger partial charge in [-0.2, -0.15) is 0 Å². The van der Waals surface area contributed by atoms with E-state index in [0.29, 0.717) is 0 Å². The fourth-order valence-corrected chi connectivity index (χ4v) is 6.10. The minimum absolute atomic E-state index is 0.960. The zero-order chi connectivity index (χ0) is 9.36. The van der Waals surface area contributed by atoms with Crippen molar-refractivity contribution in [3.63, 3.8) is 0 Å². The predicted molar refractivity (Wildman–Crippen MR) is 58.1 cm³/mol. The summed E-state index contributed by atoms with van der Waals surface area (Å²) in [5.74, 6) is 6.93. The molecule has 0 aromatic carbocycles. The number of allylic oxidation sites excluding steroid dienone is 2. The van der Waals surface area contributed by atoms with Gasteiger partial charge in [-0.1, -0.05) is 11.1 Å². The summed E-state index contributed by atoms with van der Waals surface area (Å²) in [6.07, 6.45) is 9.62. The molecule has 0 aliphatic heterocycles. The molecule has 4 fully saturated rings. The molecular weight excluding hydrogens is 180 g/mol. The van der Waals surface area contributed by atoms with Crippen LogP contribution in [0.15, 0.2) is 11.1 Å². The van der Waals surface area contributed by atoms with Crippen LogP contribution >= 0.6 is 0 Å². The molecular formula is C15H18. The standard InChI is InChI=1S/C15H18/c1-2-8-7(1)9-5-10(14-12(8)13(9)14)11-6-15(11)3-4-15/h7-11,14H,1-6H2. The van der Waals surface area contributed by atoms with Crippen LogP contribution in [-0.2, 0) is 0 Å². The van der Waals surface area contributed by atoms with Crippen LogP contribution in [0.25, 0.3) is 0 Å². The van der Waals surface area contributed by atoms with Gasteiger partial charge >= 0.3 is 0 Å². The van der Waals surface area contributed by atoms with Crippen molar-refractivity contribution in [1.29, 1.82) is 0 Å². The average molecular weight is 198 g/mol. The van der Waals surface area contributed by atoms with Crippen molar-refractivity contribution in [2.24, 2.45) is 40.9 Å². The topological polar surface area (TPSA) is 0 Å². The molecule has 0 bridgehead atoms. The Morgan fingerprint density at radius 3 is 2.40 bits per heavy atom. The van der Waals surface area contributed by atoms with E-state index in [4.69, 9.17) is 0 Å². The van der Waals surface area contributed by atoms with E-state index in [1.165, 1.54) is 17.8 Å². The molecule has 0 saturated heterocycles. The third-order valence-electron chi connectivity index (χ3n) is 7.18. The first-order valence-electron chi connectivity index (χ1n) is 7.13. The molecule has 0 nitrogen and oxygen atoms in total. The highest BCUT2D eigenvalue weighted by molar-refractivity contribution is 5.56. The van der Waals surface area contributed by atoms with Gasteiger partial charge in [-0.3, -0.25) is 0 Å². The Bertz CT molecular complexity index is 419. The lowest BCUT2D eigenvalue weighted by atomic mass is 9.68. The summed E-state index contributed by atoms with van der Waals surface area (Å²) in [7, 11) is 0. The van der Waals surface area contributed by atoms with E-state index in [1.807, 2.05) is 11.1 Å². The fourth-order valence-electron chi connectivity index (χ4n) is 6.10. The molecule has 15 heavy (non-hydrogen) atoms. The first-order chi connectivity index (χ1) is 7.39. The summed E-state index contributed by atoms with van der Waals surface area (Å²) in [5, 5.41) is 0. The minimum Gasteiger partial charge on any atom is -0.0592 e. The Morgan fingerprint density at radius 1 is 0.933 bits per heavy atom. The third kappa shape index (κ3) is 0.588. The summed E-state index contributed by atoms with van der Waals surface area (Å²) in [4.78, 5) is 0. The maximum Gasteiger partial charge on any atom is 0.00501 e. The predicted octanol–water partition coefficient (Wildman–Crippen LogP) is 3.39. The fraction of sp³-hybridized carbons (Fsp3) is 0.867. The van der Waals surface area contributed by atoms with Crippen molar-refractivity contribution in [2.45, 2.75) is 38.5 Å². The van der Waals surface area contributed by atoms with Crippen molar-refractivity contribution in [3.05, 3.63) is 11.1 Å². The average Bonchev–Trinajstić information content (AvgIpc) is 3.07. The Kier molecular flexibility index (Phi) is 0.831. The van der Waals surface area contributed by atoms with Crippen LogP contribution in [0.2, 0.25) is 0 Å². The van der Waals surface area contributed by atoms with Crippen molar-refractivity contribution >= 4 is 0 Å². The summed E-state index contributed by atoms with van der Waals surface area (Å²) >= 11 is 0. The van der Waals surface area contributed by atoms with Gasteiger partial charge in [-0.15, -0.1) is 0 Å². The molecule has 78 valence electrons. The van der Waals surface area contributed by atoms with Gasteiger partial charge in [0.25, 0.3) is 0 Å². The second-order valence-electron chi connectivity index (χ2n) is 7.42. The molecule has 0 N–H and O–H groups in total. The summed E-state index contributed by atoms with van der Waals surface area (Å²) < 4.78 is 0. The van der Waals surface area contributed by atoms with E-state index in [0.717, 1.165) is 23.2 Å². The normalized spacial score (nSPS) is 64.0. The smallest absolute Gasteiger partial charge is 0.00501 e. The summed E-state index contributed by atoms with van der Waals surface area (Å²) in [6.45, 7) is 0. The Labute approximate surface area is 91.1 Å². The monoisotopic (exact) mass is 198 g/mol. The molecule has 6 unspecified atom stereocenters. The lowest BCUT2D eigenvalue weighted by molar-refractivity contribution is 0.175. The highest BCUT2D eigenvalue weighted by Crippen LogP contribution is 2.82. The third-order valence-corrected chi connectivity index (χ3v) is 7.18. The van der Waals surface area contributed by atoms with Gasteiger partial charge in [0.05, 0.1) is 0 Å². The van der Waals surface area contributed by atoms with Crippen LogP contribution in [0, 0.1) is 40.9 Å². The van der Waals surface area contributed by atoms with Gasteiger partial charge in [-0.25, -0.2) is 0 Å². The van der Waals surface area contributed by atoms with E-state index >= 15 is 0 Å². The minimum atomic E-state index is 0.960. The SMILES string of the molecule is C1CC2C1C1=C3C2CC(C2CC24CC4)C13. The van der Waals surface area contributed by atoms with Gasteiger partial charge in [-0.05, 0) is 73.5 Å². The van der Waals surface area contributed by atoms with Crippen LogP contribution in [0.3, 0.4) is 0 Å². The van der Waals surface area contributed by atoms with E-state index < -0.39 is 0 Å². The van der Waals surface area contributed by atoms with Crippen LogP contribution in [0.4, 0.5) is 0 Å². The molecule has 0 aromatic rings. The maximum atomic E-state index is 2.04. The number of rotatable bonds is 1. The molecule has 6 aliphatic carbocycles. The molecule has 1 spiro atoms. The second-order valence-corrected chi connectivity index (χ2v) is 7.42. The molecule has 6 atom stereocenters. The molecule has 4 saturated carbocycles. The van der Waals surface area contributed by atoms with Crippen LogP contribution in [0.5, 0.6) is 0 Å². The van der Waals surface area contributed by atoms with Crippen molar-refractivity contribution in [3.8, 4) is 0 Å². The highest BCUT2D eigenvalue weighted by atomic mass is 14.8. The highest BCUT2D eigenvalue weighted by Gasteiger charge is 2.73. The van der Waals surface area contributed by atoms with Crippen LogP contribution in [0.1, 0.15) is 38.5 Å². The van der Waals surface area contributed by atoms with E-state index in [1.54, 1.807) is 38.5 Å². The summed E-state index contributed by atoms with van der Waals surface area (Å²) in [6, 6.07) is 0. The second kappa shape index (κ2) is 1.75. The molecule has 0 amide bonds. The van der Waals surface area contributed by atoms with Crippen LogP contribution in [-0.4, -0.2) is 0 Å². The first kappa shape index (κ1) is 7.14. The number of hydrogen-bond acceptors (Lipinski definition) is 0. The zero-order valence-corrected chi connectivity index (χ0v) is 9.21. The largest absolute Gasteiger partial charge is 0.0592 e. The molecule has 0 radical (unpaired) electrons. The maximum absolute atomic E-state index is 2.04. The molecule has 0 heteroatoms. The van der Waals surface area contributed by atoms with Crippen LogP contribution < -0.4 is 0 Å². The van der Waals surface area contributed by atoms with E-state index in [2.05, 4.69) is 0 Å². The van der Waals surface area contributed by atoms with Crippen molar-refractivity contribution < 1.29 is 0 Å². The quantitative estimate of drug-likeness (QED) is 0.567. The lowest BCUT2D eigenvalue weighted by Crippen LogP contribution is -2.28. The molecule has 6 rings (SSSR count). The van der Waals surface area contributed by atoms with Gasteiger partial charge in [0.15, 0.2) is 0 Å². The van der Waals surface area contributed by atoms with Gasteiger partial charge in [0.1, 0.15) is 0 Å². The van der Waals surface area contributed by atoms with E-state index in [-0.39, 0.29) is 0 Å². The Balaban J connectivity index is 1.38. The first-order valence-corrected chi connectivity index (χ1v) is 7.13. The van der Waals surface area contributed by atoms with Crippen molar-refractivity contribution in [2.75, 3.05) is 0 Å². The van der Waals surface area contributed by atoms with Gasteiger partial charge in [0.2, 0.25) is 0 Å². The lowest BCUT2D eigenvalue weighted by Gasteiger charge is -2.36. The van der Waals surface area contributed by atoms with Crippen molar-refractivity contribution in [1.82, 2.24) is 0 Å². The Hall–Kier alpha value is -0.260. The summed E-state index contributed by atoms with van der Waals surface area (Å²) in [5.41, 5.74) is 5.03. The number of fused-ring (bicyclic) bond motifs is 4. The van der Waals surface area contributed by atoms with Gasteiger partial charge < -0.3 is 0 Å². The zero-order valence-electron chi connectivity index (χ0n) is 9.21. The molecule has 6 aliphatic rings. The number of hydrogen-bond donors (Lipinski definition) is 0. The molecule has 0 aromatic heterocycles. The van der Waals surface area contributed by atoms with E-state index in [9.17, 15) is 0 Å². The Morgan fingerprint density at radius 2 is 1.80 bits per heavy atom. The van der Waals surface area contributed by atoms with Gasteiger partial charge in [0, 0.05) is 5.92 Å². The molecule has 0 heterocycles.